The molecule has 0 atom stereocenters. The number of hydrogen-bond donors (Lipinski definition) is 0. The first-order valence-electron chi connectivity index (χ1n) is 10.7. The number of carbonyl (C=O) groups excluding carboxylic acids is 2. The Bertz CT molecular complexity index is 1170. The van der Waals surface area contributed by atoms with Crippen LogP contribution < -0.4 is 5.56 Å². The Morgan fingerprint density at radius 2 is 1.90 bits per heavy atom. The quantitative estimate of drug-likeness (QED) is 0.406. The normalized spacial score (nSPS) is 13.4. The Morgan fingerprint density at radius 3 is 2.65 bits per heavy atom. The third-order valence-electron chi connectivity index (χ3n) is 5.76. The van der Waals surface area contributed by atoms with Crippen LogP contribution in [0.15, 0.2) is 35.4 Å². The molecule has 4 rings (SSSR count). The number of aromatic nitrogens is 2. The second kappa shape index (κ2) is 9.14. The zero-order chi connectivity index (χ0) is 22.0. The molecule has 0 fully saturated rings. The van der Waals surface area contributed by atoms with Crippen molar-refractivity contribution < 1.29 is 14.3 Å². The number of fused-ring (bicyclic) bond motifs is 3. The molecule has 0 saturated carbocycles. The fourth-order valence-electron chi connectivity index (χ4n) is 3.91. The summed E-state index contributed by atoms with van der Waals surface area (Å²) in [6, 6.07) is 7.35. The van der Waals surface area contributed by atoms with E-state index >= 15 is 0 Å². The lowest BCUT2D eigenvalue weighted by Gasteiger charge is -2.10. The SMILES string of the molecule is CC(C)c1ccc(C(=O)COC(=O)CCn2cnc3sc4c(c3c2=O)CCCC4)cc1. The van der Waals surface area contributed by atoms with E-state index in [-0.39, 0.29) is 30.9 Å². The molecule has 6 nitrogen and oxygen atoms in total. The van der Waals surface area contributed by atoms with Crippen molar-refractivity contribution >= 4 is 33.3 Å². The van der Waals surface area contributed by atoms with E-state index in [0.29, 0.717) is 16.9 Å². The molecule has 0 bridgehead atoms. The lowest BCUT2D eigenvalue weighted by atomic mass is 9.97. The molecule has 31 heavy (non-hydrogen) atoms. The third-order valence-corrected chi connectivity index (χ3v) is 6.96. The number of ether oxygens (including phenoxy) is 1. The van der Waals surface area contributed by atoms with E-state index in [0.717, 1.165) is 41.6 Å². The lowest BCUT2D eigenvalue weighted by Crippen LogP contribution is -2.23. The third kappa shape index (κ3) is 4.61. The largest absolute Gasteiger partial charge is 0.457 e. The van der Waals surface area contributed by atoms with E-state index < -0.39 is 5.97 Å². The average molecular weight is 439 g/mol. The Balaban J connectivity index is 1.35. The van der Waals surface area contributed by atoms with Crippen LogP contribution in [0.4, 0.5) is 0 Å². The molecule has 0 spiro atoms. The molecule has 1 aromatic carbocycles. The van der Waals surface area contributed by atoms with Crippen LogP contribution in [0.1, 0.15) is 65.4 Å². The van der Waals surface area contributed by atoms with Crippen LogP contribution in [-0.4, -0.2) is 27.9 Å². The lowest BCUT2D eigenvalue weighted by molar-refractivity contribution is -0.142. The van der Waals surface area contributed by atoms with Gasteiger partial charge in [-0.2, -0.15) is 0 Å². The first-order chi connectivity index (χ1) is 14.9. The molecule has 2 heterocycles. The molecule has 162 valence electrons. The van der Waals surface area contributed by atoms with E-state index in [1.54, 1.807) is 23.5 Å². The maximum absolute atomic E-state index is 12.9. The second-order valence-electron chi connectivity index (χ2n) is 8.24. The van der Waals surface area contributed by atoms with Gasteiger partial charge < -0.3 is 4.74 Å². The summed E-state index contributed by atoms with van der Waals surface area (Å²) in [7, 11) is 0. The monoisotopic (exact) mass is 438 g/mol. The van der Waals surface area contributed by atoms with Gasteiger partial charge in [0, 0.05) is 17.0 Å². The van der Waals surface area contributed by atoms with Gasteiger partial charge in [-0.25, -0.2) is 4.98 Å². The average Bonchev–Trinajstić information content (AvgIpc) is 3.16. The first-order valence-corrected chi connectivity index (χ1v) is 11.5. The van der Waals surface area contributed by atoms with E-state index in [2.05, 4.69) is 18.8 Å². The van der Waals surface area contributed by atoms with E-state index in [9.17, 15) is 14.4 Å². The zero-order valence-electron chi connectivity index (χ0n) is 17.8. The van der Waals surface area contributed by atoms with Gasteiger partial charge in [0.25, 0.3) is 5.56 Å². The van der Waals surface area contributed by atoms with Gasteiger partial charge in [-0.1, -0.05) is 38.1 Å². The Labute approximate surface area is 184 Å². The number of ketones is 1. The number of aryl methyl sites for hydroxylation is 3. The molecular formula is C24H26N2O4S. The summed E-state index contributed by atoms with van der Waals surface area (Å²) in [6.45, 7) is 4.06. The minimum absolute atomic E-state index is 0.0129. The van der Waals surface area contributed by atoms with E-state index in [1.807, 2.05) is 12.1 Å². The van der Waals surface area contributed by atoms with Gasteiger partial charge >= 0.3 is 5.97 Å². The number of hydrogen-bond acceptors (Lipinski definition) is 6. The molecule has 0 aliphatic heterocycles. The van der Waals surface area contributed by atoms with Crippen molar-refractivity contribution in [3.05, 3.63) is 62.5 Å². The summed E-state index contributed by atoms with van der Waals surface area (Å²) in [4.78, 5) is 43.8. The van der Waals surface area contributed by atoms with Gasteiger partial charge in [0.2, 0.25) is 0 Å². The summed E-state index contributed by atoms with van der Waals surface area (Å²) in [5, 5.41) is 0.704. The maximum atomic E-state index is 12.9. The number of Topliss-reactive ketones (excluding diaryl/α,β-unsaturated/α-hetero) is 1. The van der Waals surface area contributed by atoms with Crippen molar-refractivity contribution in [1.82, 2.24) is 9.55 Å². The number of esters is 1. The van der Waals surface area contributed by atoms with Crippen molar-refractivity contribution in [3.8, 4) is 0 Å². The molecular weight excluding hydrogens is 412 g/mol. The highest BCUT2D eigenvalue weighted by Crippen LogP contribution is 2.33. The van der Waals surface area contributed by atoms with Crippen LogP contribution in [-0.2, 0) is 28.9 Å². The fraction of sp³-hybridized carbons (Fsp3) is 0.417. The van der Waals surface area contributed by atoms with Crippen LogP contribution in [0, 0.1) is 0 Å². The first kappa shape index (κ1) is 21.4. The van der Waals surface area contributed by atoms with Crippen molar-refractivity contribution in [1.29, 1.82) is 0 Å². The molecule has 3 aromatic rings. The summed E-state index contributed by atoms with van der Waals surface area (Å²) >= 11 is 1.60. The Kier molecular flexibility index (Phi) is 6.32. The number of carbonyl (C=O) groups is 2. The standard InChI is InChI=1S/C24H26N2O4S/c1-15(2)16-7-9-17(10-8-16)19(27)13-30-21(28)11-12-26-14-25-23-22(24(26)29)18-5-3-4-6-20(18)31-23/h7-10,14-15H,3-6,11-13H2,1-2H3. The second-order valence-corrected chi connectivity index (χ2v) is 9.33. The van der Waals surface area contributed by atoms with E-state index in [1.165, 1.54) is 15.8 Å². The van der Waals surface area contributed by atoms with Gasteiger partial charge in [-0.05, 0) is 42.7 Å². The molecule has 0 unspecified atom stereocenters. The summed E-state index contributed by atoms with van der Waals surface area (Å²) in [5.74, 6) is -0.362. The molecule has 0 amide bonds. The highest BCUT2D eigenvalue weighted by Gasteiger charge is 2.20. The number of thiophene rings is 1. The molecule has 1 aliphatic rings. The van der Waals surface area contributed by atoms with Crippen molar-refractivity contribution in [3.63, 3.8) is 0 Å². The van der Waals surface area contributed by atoms with E-state index in [4.69, 9.17) is 4.74 Å². The predicted molar refractivity (Wildman–Crippen MR) is 121 cm³/mol. The molecule has 1 aliphatic carbocycles. The van der Waals surface area contributed by atoms with Crippen LogP contribution in [0.3, 0.4) is 0 Å². The summed E-state index contributed by atoms with van der Waals surface area (Å²) in [5.41, 5.74) is 2.70. The fourth-order valence-corrected chi connectivity index (χ4v) is 5.13. The molecule has 0 N–H and O–H groups in total. The van der Waals surface area contributed by atoms with Crippen molar-refractivity contribution in [2.75, 3.05) is 6.61 Å². The zero-order valence-corrected chi connectivity index (χ0v) is 18.7. The molecule has 0 saturated heterocycles. The number of nitrogens with zero attached hydrogens (tertiary/aromatic N) is 2. The van der Waals surface area contributed by atoms with Crippen LogP contribution >= 0.6 is 11.3 Å². The minimum Gasteiger partial charge on any atom is -0.457 e. The van der Waals surface area contributed by atoms with Gasteiger partial charge in [0.15, 0.2) is 12.4 Å². The highest BCUT2D eigenvalue weighted by molar-refractivity contribution is 7.18. The summed E-state index contributed by atoms with van der Waals surface area (Å²) < 4.78 is 6.61. The molecule has 0 radical (unpaired) electrons. The Hall–Kier alpha value is -2.80. The predicted octanol–water partition coefficient (Wildman–Crippen LogP) is 4.28. The van der Waals surface area contributed by atoms with Crippen LogP contribution in [0.2, 0.25) is 0 Å². The number of rotatable bonds is 7. The molecule has 7 heteroatoms. The van der Waals surface area contributed by atoms with Gasteiger partial charge in [0.05, 0.1) is 18.1 Å². The van der Waals surface area contributed by atoms with Crippen molar-refractivity contribution in [2.45, 2.75) is 58.4 Å². The van der Waals surface area contributed by atoms with Gasteiger partial charge in [-0.15, -0.1) is 11.3 Å². The van der Waals surface area contributed by atoms with Crippen LogP contribution in [0.5, 0.6) is 0 Å². The Morgan fingerprint density at radius 1 is 1.16 bits per heavy atom. The highest BCUT2D eigenvalue weighted by atomic mass is 32.1. The van der Waals surface area contributed by atoms with Gasteiger partial charge in [-0.3, -0.25) is 19.0 Å². The van der Waals surface area contributed by atoms with Gasteiger partial charge in [0.1, 0.15) is 4.83 Å². The maximum Gasteiger partial charge on any atom is 0.308 e. The minimum atomic E-state index is -0.508. The van der Waals surface area contributed by atoms with Crippen LogP contribution in [0.25, 0.3) is 10.2 Å². The molecule has 2 aromatic heterocycles. The topological polar surface area (TPSA) is 78.3 Å². The van der Waals surface area contributed by atoms with Crippen molar-refractivity contribution in [2.24, 2.45) is 0 Å². The number of benzene rings is 1. The summed E-state index contributed by atoms with van der Waals surface area (Å²) in [6.07, 6.45) is 5.68. The smallest absolute Gasteiger partial charge is 0.308 e.